The van der Waals surface area contributed by atoms with Crippen molar-refractivity contribution in [1.29, 1.82) is 5.26 Å². The molecule has 0 bridgehead atoms. The SMILES string of the molecule is CC(C)C(C#N)(CCCN1CCN(CCC(=O)c2ccc(F)cc2)CC1)c1ccccc1. The van der Waals surface area contributed by atoms with E-state index in [1.54, 1.807) is 12.1 Å². The summed E-state index contributed by atoms with van der Waals surface area (Å²) in [6, 6.07) is 18.6. The molecule has 1 unspecified atom stereocenters. The number of Topliss-reactive ketones (excluding diaryl/α,β-unsaturated/α-hetero) is 1. The van der Waals surface area contributed by atoms with Crippen LogP contribution in [0.15, 0.2) is 54.6 Å². The van der Waals surface area contributed by atoms with Gasteiger partial charge < -0.3 is 9.80 Å². The Morgan fingerprint density at radius 2 is 1.59 bits per heavy atom. The zero-order valence-corrected chi connectivity index (χ0v) is 19.3. The van der Waals surface area contributed by atoms with Gasteiger partial charge >= 0.3 is 0 Å². The number of rotatable bonds is 10. The molecule has 1 saturated heterocycles. The third kappa shape index (κ3) is 6.03. The second-order valence-corrected chi connectivity index (χ2v) is 9.07. The predicted octanol–water partition coefficient (Wildman–Crippen LogP) is 4.91. The molecule has 2 aromatic rings. The number of hydrogen-bond donors (Lipinski definition) is 0. The molecule has 3 rings (SSSR count). The van der Waals surface area contributed by atoms with Crippen molar-refractivity contribution in [2.45, 2.75) is 38.5 Å². The summed E-state index contributed by atoms with van der Waals surface area (Å²) in [6.07, 6.45) is 2.31. The zero-order valence-electron chi connectivity index (χ0n) is 19.3. The standard InChI is InChI=1S/C27H34FN3O/c1-22(2)27(21-29,24-7-4-3-5-8-24)14-6-15-30-17-19-31(20-18-30)16-13-26(32)23-9-11-25(28)12-10-23/h3-5,7-12,22H,6,13-20H2,1-2H3. The first-order valence-electron chi connectivity index (χ1n) is 11.6. The third-order valence-electron chi connectivity index (χ3n) is 6.81. The highest BCUT2D eigenvalue weighted by Crippen LogP contribution is 2.36. The van der Waals surface area contributed by atoms with E-state index in [1.165, 1.54) is 12.1 Å². The third-order valence-corrected chi connectivity index (χ3v) is 6.81. The maximum Gasteiger partial charge on any atom is 0.164 e. The maximum absolute atomic E-state index is 13.0. The molecular weight excluding hydrogens is 401 g/mol. The van der Waals surface area contributed by atoms with Crippen LogP contribution >= 0.6 is 0 Å². The number of benzene rings is 2. The summed E-state index contributed by atoms with van der Waals surface area (Å²) in [4.78, 5) is 17.1. The number of ketones is 1. The highest BCUT2D eigenvalue weighted by molar-refractivity contribution is 5.96. The van der Waals surface area contributed by atoms with Gasteiger partial charge in [0.2, 0.25) is 0 Å². The number of hydrogen-bond acceptors (Lipinski definition) is 4. The maximum atomic E-state index is 13.0. The molecule has 1 fully saturated rings. The van der Waals surface area contributed by atoms with Gasteiger partial charge in [0, 0.05) is 44.7 Å². The van der Waals surface area contributed by atoms with Gasteiger partial charge in [0.1, 0.15) is 5.82 Å². The van der Waals surface area contributed by atoms with Crippen LogP contribution < -0.4 is 0 Å². The molecule has 5 heteroatoms. The largest absolute Gasteiger partial charge is 0.301 e. The minimum absolute atomic E-state index is 0.0647. The van der Waals surface area contributed by atoms with Crippen molar-refractivity contribution in [1.82, 2.24) is 9.80 Å². The Kier molecular flexibility index (Phi) is 8.55. The topological polar surface area (TPSA) is 47.3 Å². The minimum Gasteiger partial charge on any atom is -0.301 e. The first kappa shape index (κ1) is 24.1. The van der Waals surface area contributed by atoms with E-state index >= 15 is 0 Å². The smallest absolute Gasteiger partial charge is 0.164 e. The quantitative estimate of drug-likeness (QED) is 0.497. The first-order valence-corrected chi connectivity index (χ1v) is 11.6. The Bertz CT molecular complexity index is 899. The molecule has 0 amide bonds. The van der Waals surface area contributed by atoms with Gasteiger partial charge in [-0.2, -0.15) is 5.26 Å². The fourth-order valence-electron chi connectivity index (χ4n) is 4.61. The molecule has 0 saturated carbocycles. The van der Waals surface area contributed by atoms with Crippen molar-refractivity contribution in [3.8, 4) is 6.07 Å². The van der Waals surface area contributed by atoms with E-state index in [9.17, 15) is 14.4 Å². The van der Waals surface area contributed by atoms with E-state index in [0.717, 1.165) is 57.7 Å². The van der Waals surface area contributed by atoms with Gasteiger partial charge in [-0.15, -0.1) is 0 Å². The lowest BCUT2D eigenvalue weighted by Crippen LogP contribution is -2.47. The molecule has 1 heterocycles. The lowest BCUT2D eigenvalue weighted by atomic mass is 9.70. The van der Waals surface area contributed by atoms with Crippen LogP contribution in [0.5, 0.6) is 0 Å². The van der Waals surface area contributed by atoms with Crippen molar-refractivity contribution in [3.05, 3.63) is 71.5 Å². The van der Waals surface area contributed by atoms with Gasteiger partial charge in [-0.05, 0) is 55.1 Å². The van der Waals surface area contributed by atoms with Crippen LogP contribution in [-0.2, 0) is 5.41 Å². The highest BCUT2D eigenvalue weighted by Gasteiger charge is 2.35. The second-order valence-electron chi connectivity index (χ2n) is 9.07. The van der Waals surface area contributed by atoms with Crippen LogP contribution in [0.1, 0.15) is 49.0 Å². The number of carbonyl (C=O) groups excluding carboxylic acids is 1. The summed E-state index contributed by atoms with van der Waals surface area (Å²) in [5.74, 6) is 0.00195. The Morgan fingerprint density at radius 3 is 2.16 bits per heavy atom. The fourth-order valence-corrected chi connectivity index (χ4v) is 4.61. The summed E-state index contributed by atoms with van der Waals surface area (Å²) >= 11 is 0. The van der Waals surface area contributed by atoms with Gasteiger partial charge in [0.15, 0.2) is 5.78 Å². The average molecular weight is 436 g/mol. The number of halogens is 1. The molecule has 170 valence electrons. The van der Waals surface area contributed by atoms with Crippen molar-refractivity contribution >= 4 is 5.78 Å². The van der Waals surface area contributed by atoms with Crippen molar-refractivity contribution < 1.29 is 9.18 Å². The van der Waals surface area contributed by atoms with E-state index in [4.69, 9.17) is 0 Å². The van der Waals surface area contributed by atoms with Crippen LogP contribution in [-0.4, -0.2) is 54.9 Å². The minimum atomic E-state index is -0.441. The van der Waals surface area contributed by atoms with E-state index in [-0.39, 0.29) is 17.5 Å². The lowest BCUT2D eigenvalue weighted by molar-refractivity contribution is 0.0925. The molecule has 0 radical (unpaired) electrons. The first-order chi connectivity index (χ1) is 15.4. The van der Waals surface area contributed by atoms with Crippen LogP contribution in [0.25, 0.3) is 0 Å². The molecule has 0 spiro atoms. The van der Waals surface area contributed by atoms with Gasteiger partial charge in [0.25, 0.3) is 0 Å². The predicted molar refractivity (Wildman–Crippen MR) is 126 cm³/mol. The number of piperazine rings is 1. The van der Waals surface area contributed by atoms with Crippen molar-refractivity contribution in [3.63, 3.8) is 0 Å². The lowest BCUT2D eigenvalue weighted by Gasteiger charge is -2.36. The average Bonchev–Trinajstić information content (AvgIpc) is 2.82. The van der Waals surface area contributed by atoms with Gasteiger partial charge in [0.05, 0.1) is 11.5 Å². The molecule has 32 heavy (non-hydrogen) atoms. The Morgan fingerprint density at radius 1 is 1.00 bits per heavy atom. The van der Waals surface area contributed by atoms with E-state index in [1.807, 2.05) is 18.2 Å². The van der Waals surface area contributed by atoms with E-state index in [2.05, 4.69) is 41.8 Å². The van der Waals surface area contributed by atoms with Crippen LogP contribution in [0.4, 0.5) is 4.39 Å². The van der Waals surface area contributed by atoms with Gasteiger partial charge in [-0.1, -0.05) is 44.2 Å². The van der Waals surface area contributed by atoms with E-state index < -0.39 is 5.41 Å². The Hall–Kier alpha value is -2.55. The number of nitriles is 1. The normalized spacial score (nSPS) is 17.1. The number of nitrogens with zero attached hydrogens (tertiary/aromatic N) is 3. The van der Waals surface area contributed by atoms with E-state index in [0.29, 0.717) is 12.0 Å². The van der Waals surface area contributed by atoms with Gasteiger partial charge in [-0.25, -0.2) is 4.39 Å². The monoisotopic (exact) mass is 435 g/mol. The molecule has 1 aliphatic rings. The summed E-state index contributed by atoms with van der Waals surface area (Å²) in [5.41, 5.74) is 1.26. The summed E-state index contributed by atoms with van der Waals surface area (Å²) in [6.45, 7) is 9.87. The summed E-state index contributed by atoms with van der Waals surface area (Å²) in [7, 11) is 0. The molecule has 0 aliphatic carbocycles. The second kappa shape index (κ2) is 11.4. The van der Waals surface area contributed by atoms with Crippen LogP contribution in [0.3, 0.4) is 0 Å². The number of carbonyl (C=O) groups is 1. The molecule has 4 nitrogen and oxygen atoms in total. The van der Waals surface area contributed by atoms with Crippen LogP contribution in [0, 0.1) is 23.1 Å². The van der Waals surface area contributed by atoms with Crippen LogP contribution in [0.2, 0.25) is 0 Å². The molecule has 0 aromatic heterocycles. The van der Waals surface area contributed by atoms with Crippen molar-refractivity contribution in [2.24, 2.45) is 5.92 Å². The fraction of sp³-hybridized carbons (Fsp3) is 0.481. The summed E-state index contributed by atoms with van der Waals surface area (Å²) < 4.78 is 13.0. The zero-order chi connectivity index (χ0) is 23.0. The molecule has 1 atom stereocenters. The molecule has 1 aliphatic heterocycles. The van der Waals surface area contributed by atoms with Gasteiger partial charge in [-0.3, -0.25) is 4.79 Å². The Balaban J connectivity index is 1.42. The molecular formula is C27H34FN3O. The van der Waals surface area contributed by atoms with Crippen molar-refractivity contribution in [2.75, 3.05) is 39.3 Å². The molecule has 2 aromatic carbocycles. The molecule has 0 N–H and O–H groups in total. The highest BCUT2D eigenvalue weighted by atomic mass is 19.1. The summed E-state index contributed by atoms with van der Waals surface area (Å²) in [5, 5.41) is 10.1. The Labute approximate surface area is 191 Å².